The summed E-state index contributed by atoms with van der Waals surface area (Å²) in [6, 6.07) is 0. The van der Waals surface area contributed by atoms with E-state index in [1.807, 2.05) is 0 Å². The summed E-state index contributed by atoms with van der Waals surface area (Å²) in [4.78, 5) is 20.1. The predicted octanol–water partition coefficient (Wildman–Crippen LogP) is 2.26. The fourth-order valence-corrected chi connectivity index (χ4v) is 2.19. The summed E-state index contributed by atoms with van der Waals surface area (Å²) in [5, 5.41) is 0. The number of nitrogens with zero attached hydrogens (tertiary/aromatic N) is 2. The third-order valence-electron chi connectivity index (χ3n) is 2.82. The van der Waals surface area contributed by atoms with Crippen LogP contribution in [0.3, 0.4) is 0 Å². The van der Waals surface area contributed by atoms with Crippen molar-refractivity contribution in [2.24, 2.45) is 5.41 Å². The van der Waals surface area contributed by atoms with E-state index >= 15 is 0 Å². The fraction of sp³-hybridized carbons (Fsp3) is 0.462. The molecule has 1 aromatic rings. The molecule has 0 fully saturated rings. The Labute approximate surface area is 101 Å². The topological polar surface area (TPSA) is 52.1 Å². The van der Waals surface area contributed by atoms with Crippen LogP contribution >= 0.6 is 0 Å². The van der Waals surface area contributed by atoms with Gasteiger partial charge in [0.05, 0.1) is 7.11 Å². The number of allylic oxidation sites excluding steroid dienone is 2. The monoisotopic (exact) mass is 232 g/mol. The van der Waals surface area contributed by atoms with Gasteiger partial charge in [0.15, 0.2) is 5.78 Å². The first-order valence-electron chi connectivity index (χ1n) is 5.61. The lowest BCUT2D eigenvalue weighted by Gasteiger charge is -2.28. The van der Waals surface area contributed by atoms with E-state index in [4.69, 9.17) is 4.74 Å². The van der Waals surface area contributed by atoms with Crippen LogP contribution < -0.4 is 4.74 Å². The molecule has 0 unspecified atom stereocenters. The second-order valence-corrected chi connectivity index (χ2v) is 5.07. The number of ether oxygens (including phenoxy) is 1. The van der Waals surface area contributed by atoms with Gasteiger partial charge < -0.3 is 4.74 Å². The zero-order valence-electron chi connectivity index (χ0n) is 10.4. The molecule has 1 aliphatic rings. The van der Waals surface area contributed by atoms with Crippen molar-refractivity contribution in [1.29, 1.82) is 0 Å². The third kappa shape index (κ3) is 2.52. The molecule has 1 aromatic heterocycles. The Morgan fingerprint density at radius 1 is 1.24 bits per heavy atom. The first kappa shape index (κ1) is 11.8. The summed E-state index contributed by atoms with van der Waals surface area (Å²) < 4.78 is 5.18. The van der Waals surface area contributed by atoms with E-state index in [1.165, 1.54) is 0 Å². The van der Waals surface area contributed by atoms with E-state index in [-0.39, 0.29) is 11.2 Å². The molecule has 0 atom stereocenters. The Morgan fingerprint density at radius 3 is 2.59 bits per heavy atom. The van der Waals surface area contributed by atoms with Crippen LogP contribution in [0.5, 0.6) is 5.88 Å². The molecule has 0 bridgehead atoms. The maximum absolute atomic E-state index is 11.7. The number of ketones is 1. The van der Waals surface area contributed by atoms with E-state index in [0.29, 0.717) is 18.0 Å². The molecule has 90 valence electrons. The van der Waals surface area contributed by atoms with Crippen LogP contribution in [-0.4, -0.2) is 22.9 Å². The molecule has 0 aliphatic heterocycles. The van der Waals surface area contributed by atoms with Gasteiger partial charge in [-0.3, -0.25) is 4.79 Å². The molecule has 1 aliphatic carbocycles. The van der Waals surface area contributed by atoms with E-state index < -0.39 is 0 Å². The van der Waals surface area contributed by atoms with Crippen molar-refractivity contribution in [2.45, 2.75) is 26.7 Å². The Hall–Kier alpha value is -1.71. The molecule has 2 rings (SSSR count). The lowest BCUT2D eigenvalue weighted by atomic mass is 9.76. The summed E-state index contributed by atoms with van der Waals surface area (Å²) >= 11 is 0. The summed E-state index contributed by atoms with van der Waals surface area (Å²) in [5.41, 5.74) is 1.57. The standard InChI is InChI=1S/C13H16N2O2/c1-13(2)7-9(6-10(16)8-13)11-12(17-3)15-5-4-14-11/h4-6H,7-8H2,1-3H3. The molecule has 0 N–H and O–H groups in total. The minimum absolute atomic E-state index is 0.0241. The highest BCUT2D eigenvalue weighted by molar-refractivity contribution is 5.99. The minimum Gasteiger partial charge on any atom is -0.479 e. The van der Waals surface area contributed by atoms with Gasteiger partial charge in [0.1, 0.15) is 5.69 Å². The van der Waals surface area contributed by atoms with Crippen molar-refractivity contribution in [3.63, 3.8) is 0 Å². The molecule has 0 spiro atoms. The third-order valence-corrected chi connectivity index (χ3v) is 2.82. The Bertz CT molecular complexity index is 478. The normalized spacial score (nSPS) is 18.8. The maximum Gasteiger partial charge on any atom is 0.239 e. The van der Waals surface area contributed by atoms with Gasteiger partial charge in [-0.1, -0.05) is 13.8 Å². The zero-order valence-corrected chi connectivity index (χ0v) is 10.4. The largest absolute Gasteiger partial charge is 0.479 e. The summed E-state index contributed by atoms with van der Waals surface area (Å²) in [6.07, 6.45) is 6.26. The molecule has 4 nitrogen and oxygen atoms in total. The fourth-order valence-electron chi connectivity index (χ4n) is 2.19. The van der Waals surface area contributed by atoms with E-state index in [1.54, 1.807) is 25.6 Å². The van der Waals surface area contributed by atoms with Gasteiger partial charge in [-0.05, 0) is 23.5 Å². The van der Waals surface area contributed by atoms with Crippen molar-refractivity contribution >= 4 is 11.4 Å². The number of carbonyl (C=O) groups is 1. The molecule has 0 amide bonds. The van der Waals surface area contributed by atoms with Crippen molar-refractivity contribution in [1.82, 2.24) is 9.97 Å². The molecular formula is C13H16N2O2. The number of rotatable bonds is 2. The van der Waals surface area contributed by atoms with Gasteiger partial charge >= 0.3 is 0 Å². The SMILES string of the molecule is COc1nccnc1C1=CC(=O)CC(C)(C)C1. The predicted molar refractivity (Wildman–Crippen MR) is 64.6 cm³/mol. The van der Waals surface area contributed by atoms with Crippen molar-refractivity contribution < 1.29 is 9.53 Å². The lowest BCUT2D eigenvalue weighted by molar-refractivity contribution is -0.116. The second-order valence-electron chi connectivity index (χ2n) is 5.07. The highest BCUT2D eigenvalue weighted by atomic mass is 16.5. The first-order chi connectivity index (χ1) is 8.02. The zero-order chi connectivity index (χ0) is 12.5. The van der Waals surface area contributed by atoms with Crippen LogP contribution in [0.25, 0.3) is 5.57 Å². The highest BCUT2D eigenvalue weighted by Gasteiger charge is 2.29. The number of hydrogen-bond acceptors (Lipinski definition) is 4. The second kappa shape index (κ2) is 4.28. The summed E-state index contributed by atoms with van der Waals surface area (Å²) in [5.74, 6) is 0.619. The smallest absolute Gasteiger partial charge is 0.239 e. The lowest BCUT2D eigenvalue weighted by Crippen LogP contribution is -2.21. The van der Waals surface area contributed by atoms with Gasteiger partial charge in [0.2, 0.25) is 5.88 Å². The molecule has 4 heteroatoms. The molecule has 1 heterocycles. The molecule has 0 saturated carbocycles. The first-order valence-corrected chi connectivity index (χ1v) is 5.61. The van der Waals surface area contributed by atoms with Crippen LogP contribution in [-0.2, 0) is 4.79 Å². The maximum atomic E-state index is 11.7. The Balaban J connectivity index is 2.43. The van der Waals surface area contributed by atoms with Crippen molar-refractivity contribution in [3.8, 4) is 5.88 Å². The molecule has 0 aromatic carbocycles. The van der Waals surface area contributed by atoms with E-state index in [0.717, 1.165) is 12.0 Å². The van der Waals surface area contributed by atoms with Gasteiger partial charge in [0.25, 0.3) is 0 Å². The number of aromatic nitrogens is 2. The molecule has 17 heavy (non-hydrogen) atoms. The van der Waals surface area contributed by atoms with Gasteiger partial charge in [-0.25, -0.2) is 9.97 Å². The quantitative estimate of drug-likeness (QED) is 0.784. The highest BCUT2D eigenvalue weighted by Crippen LogP contribution is 2.39. The minimum atomic E-state index is -0.0241. The Kier molecular flexibility index (Phi) is 2.96. The average molecular weight is 232 g/mol. The molecular weight excluding hydrogens is 216 g/mol. The van der Waals surface area contributed by atoms with Gasteiger partial charge in [0, 0.05) is 18.8 Å². The average Bonchev–Trinajstić information content (AvgIpc) is 2.26. The summed E-state index contributed by atoms with van der Waals surface area (Å²) in [7, 11) is 1.56. The van der Waals surface area contributed by atoms with Gasteiger partial charge in [-0.2, -0.15) is 0 Å². The number of carbonyl (C=O) groups excluding carboxylic acids is 1. The number of methoxy groups -OCH3 is 1. The van der Waals surface area contributed by atoms with Crippen LogP contribution in [0.2, 0.25) is 0 Å². The van der Waals surface area contributed by atoms with Crippen LogP contribution in [0, 0.1) is 5.41 Å². The van der Waals surface area contributed by atoms with Crippen LogP contribution in [0.4, 0.5) is 0 Å². The molecule has 0 saturated heterocycles. The van der Waals surface area contributed by atoms with Crippen molar-refractivity contribution in [2.75, 3.05) is 7.11 Å². The van der Waals surface area contributed by atoms with E-state index in [2.05, 4.69) is 23.8 Å². The number of hydrogen-bond donors (Lipinski definition) is 0. The van der Waals surface area contributed by atoms with Crippen LogP contribution in [0.15, 0.2) is 18.5 Å². The van der Waals surface area contributed by atoms with Crippen molar-refractivity contribution in [3.05, 3.63) is 24.2 Å². The Morgan fingerprint density at radius 2 is 1.94 bits per heavy atom. The van der Waals surface area contributed by atoms with Crippen LogP contribution in [0.1, 0.15) is 32.4 Å². The van der Waals surface area contributed by atoms with Gasteiger partial charge in [-0.15, -0.1) is 0 Å². The molecule has 0 radical (unpaired) electrons. The summed E-state index contributed by atoms with van der Waals surface area (Å²) in [6.45, 7) is 4.17. The van der Waals surface area contributed by atoms with E-state index in [9.17, 15) is 4.79 Å².